The number of nitrogens with one attached hydrogen (secondary N) is 1. The molecule has 0 fully saturated rings. The number of sulfonamides is 1. The molecule has 0 unspecified atom stereocenters. The van der Waals surface area contributed by atoms with Crippen LogP contribution >= 0.6 is 11.8 Å². The van der Waals surface area contributed by atoms with Gasteiger partial charge < -0.3 is 5.11 Å². The first-order valence-corrected chi connectivity index (χ1v) is 11.1. The number of phenols is 1. The Kier molecular flexibility index (Phi) is 5.26. The normalized spacial score (nSPS) is 11.4. The molecule has 0 atom stereocenters. The van der Waals surface area contributed by atoms with Crippen LogP contribution in [0.15, 0.2) is 99.6 Å². The van der Waals surface area contributed by atoms with E-state index in [1.807, 2.05) is 30.3 Å². The van der Waals surface area contributed by atoms with Crippen LogP contribution in [0, 0.1) is 0 Å². The average molecular weight is 417 g/mol. The van der Waals surface area contributed by atoms with Crippen molar-refractivity contribution in [3.05, 3.63) is 84.9 Å². The van der Waals surface area contributed by atoms with Gasteiger partial charge >= 0.3 is 0 Å². The van der Waals surface area contributed by atoms with E-state index in [1.54, 1.807) is 48.5 Å². The average Bonchev–Trinajstić information content (AvgIpc) is 2.72. The van der Waals surface area contributed by atoms with Crippen molar-refractivity contribution in [3.8, 4) is 5.75 Å². The SMILES string of the molecule is [B]c1ccccc1S(=O)(=O)Nc1cc(Sc2ccccc2)c(O)c2ccccc12. The predicted octanol–water partition coefficient (Wildman–Crippen LogP) is 4.29. The summed E-state index contributed by atoms with van der Waals surface area (Å²) in [6.07, 6.45) is 0. The molecule has 7 heteroatoms. The molecule has 4 rings (SSSR count). The van der Waals surface area contributed by atoms with E-state index in [1.165, 1.54) is 17.8 Å². The lowest BCUT2D eigenvalue weighted by molar-refractivity contribution is 0.469. The predicted molar refractivity (Wildman–Crippen MR) is 119 cm³/mol. The maximum atomic E-state index is 13.0. The van der Waals surface area contributed by atoms with Crippen molar-refractivity contribution in [1.82, 2.24) is 0 Å². The first kappa shape index (κ1) is 19.4. The summed E-state index contributed by atoms with van der Waals surface area (Å²) in [4.78, 5) is 1.49. The van der Waals surface area contributed by atoms with Gasteiger partial charge in [-0.05, 0) is 24.3 Å². The van der Waals surface area contributed by atoms with Crippen molar-refractivity contribution in [3.63, 3.8) is 0 Å². The molecule has 0 spiro atoms. The standard InChI is InChI=1S/C22H16BNO3S2/c23-18-12-6-7-13-21(18)29(26,27)24-19-14-20(28-15-8-2-1-3-9-15)22(25)17-11-5-4-10-16(17)19/h1-14,24-25H. The van der Waals surface area contributed by atoms with E-state index in [0.717, 1.165) is 4.90 Å². The summed E-state index contributed by atoms with van der Waals surface area (Å²) in [6, 6.07) is 24.6. The summed E-state index contributed by atoms with van der Waals surface area (Å²) in [7, 11) is 1.96. The van der Waals surface area contributed by atoms with Gasteiger partial charge in [0.15, 0.2) is 0 Å². The van der Waals surface area contributed by atoms with E-state index in [9.17, 15) is 13.5 Å². The Balaban J connectivity index is 1.83. The number of fused-ring (bicyclic) bond motifs is 1. The highest BCUT2D eigenvalue weighted by Crippen LogP contribution is 2.42. The van der Waals surface area contributed by atoms with Gasteiger partial charge in [-0.15, -0.1) is 0 Å². The van der Waals surface area contributed by atoms with Crippen LogP contribution < -0.4 is 10.2 Å². The third-order valence-corrected chi connectivity index (χ3v) is 6.88. The number of benzene rings is 4. The highest BCUT2D eigenvalue weighted by Gasteiger charge is 2.20. The van der Waals surface area contributed by atoms with Gasteiger partial charge in [0.1, 0.15) is 13.6 Å². The van der Waals surface area contributed by atoms with Gasteiger partial charge in [0.05, 0.1) is 15.5 Å². The van der Waals surface area contributed by atoms with Crippen LogP contribution in [-0.4, -0.2) is 21.4 Å². The van der Waals surface area contributed by atoms with Crippen LogP contribution in [0.25, 0.3) is 10.8 Å². The Morgan fingerprint density at radius 1 is 0.828 bits per heavy atom. The summed E-state index contributed by atoms with van der Waals surface area (Å²) < 4.78 is 28.6. The minimum Gasteiger partial charge on any atom is -0.506 e. The smallest absolute Gasteiger partial charge is 0.261 e. The molecule has 2 radical (unpaired) electrons. The van der Waals surface area contributed by atoms with Crippen LogP contribution in [0.3, 0.4) is 0 Å². The van der Waals surface area contributed by atoms with E-state index in [-0.39, 0.29) is 16.1 Å². The first-order valence-electron chi connectivity index (χ1n) is 8.80. The minimum absolute atomic E-state index is 0.00872. The second kappa shape index (κ2) is 7.85. The molecule has 0 aliphatic carbocycles. The van der Waals surface area contributed by atoms with Gasteiger partial charge in [0, 0.05) is 15.7 Å². The number of anilines is 1. The van der Waals surface area contributed by atoms with Crippen LogP contribution in [0.5, 0.6) is 5.75 Å². The first-order chi connectivity index (χ1) is 14.0. The summed E-state index contributed by atoms with van der Waals surface area (Å²) in [5.41, 5.74) is 0.544. The Morgan fingerprint density at radius 2 is 1.45 bits per heavy atom. The zero-order chi connectivity index (χ0) is 20.4. The highest BCUT2D eigenvalue weighted by molar-refractivity contribution is 7.99. The van der Waals surface area contributed by atoms with Crippen molar-refractivity contribution < 1.29 is 13.5 Å². The molecule has 4 aromatic rings. The molecule has 0 amide bonds. The topological polar surface area (TPSA) is 66.4 Å². The van der Waals surface area contributed by atoms with Gasteiger partial charge in [-0.3, -0.25) is 4.72 Å². The van der Waals surface area contributed by atoms with E-state index >= 15 is 0 Å². The largest absolute Gasteiger partial charge is 0.506 e. The summed E-state index contributed by atoms with van der Waals surface area (Å²) in [5, 5.41) is 11.9. The van der Waals surface area contributed by atoms with Crippen molar-refractivity contribution in [1.29, 1.82) is 0 Å². The summed E-state index contributed by atoms with van der Waals surface area (Å²) in [6.45, 7) is 0. The fraction of sp³-hybridized carbons (Fsp3) is 0. The van der Waals surface area contributed by atoms with Gasteiger partial charge in [-0.1, -0.05) is 77.9 Å². The van der Waals surface area contributed by atoms with Crippen molar-refractivity contribution in [2.75, 3.05) is 4.72 Å². The van der Waals surface area contributed by atoms with Crippen molar-refractivity contribution in [2.24, 2.45) is 0 Å². The monoisotopic (exact) mass is 417 g/mol. The van der Waals surface area contributed by atoms with E-state index in [2.05, 4.69) is 4.72 Å². The number of aromatic hydroxyl groups is 1. The fourth-order valence-corrected chi connectivity index (χ4v) is 5.17. The van der Waals surface area contributed by atoms with Crippen LogP contribution in [-0.2, 0) is 10.0 Å². The number of phenolic OH excluding ortho intramolecular Hbond substituents is 1. The van der Waals surface area contributed by atoms with Crippen LogP contribution in [0.1, 0.15) is 0 Å². The lowest BCUT2D eigenvalue weighted by Crippen LogP contribution is -2.21. The van der Waals surface area contributed by atoms with Crippen LogP contribution in [0.2, 0.25) is 0 Å². The third kappa shape index (κ3) is 3.97. The third-order valence-electron chi connectivity index (χ3n) is 4.41. The van der Waals surface area contributed by atoms with Crippen molar-refractivity contribution >= 4 is 51.6 Å². The zero-order valence-corrected chi connectivity index (χ0v) is 16.9. The maximum absolute atomic E-state index is 13.0. The number of hydrogen-bond donors (Lipinski definition) is 2. The molecule has 0 bridgehead atoms. The highest BCUT2D eigenvalue weighted by atomic mass is 32.2. The molecule has 2 N–H and O–H groups in total. The molecule has 4 nitrogen and oxygen atoms in total. The van der Waals surface area contributed by atoms with Gasteiger partial charge in [0.2, 0.25) is 0 Å². The Morgan fingerprint density at radius 3 is 2.17 bits per heavy atom. The van der Waals surface area contributed by atoms with E-state index in [4.69, 9.17) is 7.85 Å². The lowest BCUT2D eigenvalue weighted by atomic mass is 9.97. The van der Waals surface area contributed by atoms with Gasteiger partial charge in [0.25, 0.3) is 10.0 Å². The fourth-order valence-electron chi connectivity index (χ4n) is 3.04. The number of hydrogen-bond acceptors (Lipinski definition) is 4. The molecule has 0 aliphatic heterocycles. The zero-order valence-electron chi connectivity index (χ0n) is 15.2. The van der Waals surface area contributed by atoms with Gasteiger partial charge in [-0.2, -0.15) is 0 Å². The Hall–Kier alpha value is -2.90. The van der Waals surface area contributed by atoms with Crippen molar-refractivity contribution in [2.45, 2.75) is 14.7 Å². The Labute approximate surface area is 175 Å². The van der Waals surface area contributed by atoms with E-state index < -0.39 is 10.0 Å². The summed E-state index contributed by atoms with van der Waals surface area (Å²) >= 11 is 1.36. The molecule has 0 saturated heterocycles. The molecular weight excluding hydrogens is 401 g/mol. The second-order valence-corrected chi connectivity index (χ2v) is 9.14. The molecule has 142 valence electrons. The quantitative estimate of drug-likeness (QED) is 0.376. The molecule has 0 aromatic heterocycles. The molecule has 29 heavy (non-hydrogen) atoms. The molecule has 0 aliphatic rings. The lowest BCUT2D eigenvalue weighted by Gasteiger charge is -2.16. The molecule has 0 saturated carbocycles. The second-order valence-electron chi connectivity index (χ2n) is 6.37. The van der Waals surface area contributed by atoms with E-state index in [0.29, 0.717) is 21.4 Å². The van der Waals surface area contributed by atoms with Gasteiger partial charge in [-0.25, -0.2) is 8.42 Å². The molecule has 0 heterocycles. The molecular formula is C22H16BNO3S2. The maximum Gasteiger partial charge on any atom is 0.261 e. The molecule has 4 aromatic carbocycles. The minimum atomic E-state index is -3.90. The number of rotatable bonds is 5. The Bertz CT molecular complexity index is 1290. The van der Waals surface area contributed by atoms with Crippen LogP contribution in [0.4, 0.5) is 5.69 Å². The summed E-state index contributed by atoms with van der Waals surface area (Å²) in [5.74, 6) is 0.108.